The smallest absolute Gasteiger partial charge is 0.224 e. The average Bonchev–Trinajstić information content (AvgIpc) is 3.34. The largest absolute Gasteiger partial charge is 0.508 e. The summed E-state index contributed by atoms with van der Waals surface area (Å²) in [6, 6.07) is 17.8. The molecule has 0 aliphatic heterocycles. The van der Waals surface area contributed by atoms with Gasteiger partial charge in [0.05, 0.1) is 0 Å². The fourth-order valence-corrected chi connectivity index (χ4v) is 3.57. The molecule has 3 atom stereocenters. The summed E-state index contributed by atoms with van der Waals surface area (Å²) in [7, 11) is 4.06. The van der Waals surface area contributed by atoms with E-state index in [9.17, 15) is 9.90 Å². The molecule has 26 heavy (non-hydrogen) atoms. The third-order valence-electron chi connectivity index (χ3n) is 5.64. The number of hydrogen-bond acceptors (Lipinski definition) is 3. The molecule has 0 heterocycles. The van der Waals surface area contributed by atoms with Crippen molar-refractivity contribution >= 4 is 5.91 Å². The molecule has 1 aliphatic rings. The molecule has 0 saturated heterocycles. The predicted molar refractivity (Wildman–Crippen MR) is 104 cm³/mol. The first-order valence-electron chi connectivity index (χ1n) is 9.18. The first-order chi connectivity index (χ1) is 12.4. The van der Waals surface area contributed by atoms with E-state index in [-0.39, 0.29) is 29.0 Å². The minimum atomic E-state index is -0.0318. The van der Waals surface area contributed by atoms with Crippen LogP contribution in [0.1, 0.15) is 24.5 Å². The Morgan fingerprint density at radius 1 is 1.19 bits per heavy atom. The summed E-state index contributed by atoms with van der Waals surface area (Å²) in [6.45, 7) is 2.79. The summed E-state index contributed by atoms with van der Waals surface area (Å²) in [4.78, 5) is 14.8. The van der Waals surface area contributed by atoms with Crippen LogP contribution in [-0.2, 0) is 16.6 Å². The number of nitrogens with zero attached hydrogens (tertiary/aromatic N) is 1. The first-order valence-corrected chi connectivity index (χ1v) is 9.18. The number of amides is 1. The minimum absolute atomic E-state index is 0.0318. The maximum absolute atomic E-state index is 12.7. The number of benzene rings is 2. The molecule has 2 aromatic carbocycles. The third kappa shape index (κ3) is 4.07. The quantitative estimate of drug-likeness (QED) is 0.805. The molecule has 1 aliphatic carbocycles. The second-order valence-electron chi connectivity index (χ2n) is 7.77. The molecule has 4 heteroatoms. The molecular formula is C22H28N2O2. The molecular weight excluding hydrogens is 324 g/mol. The van der Waals surface area contributed by atoms with Gasteiger partial charge in [0, 0.05) is 23.9 Å². The Kier molecular flexibility index (Phi) is 5.33. The van der Waals surface area contributed by atoms with Gasteiger partial charge in [0.25, 0.3) is 0 Å². The zero-order valence-electron chi connectivity index (χ0n) is 15.8. The number of likely N-dealkylation sites (N-methyl/N-ethyl adjacent to an activating group) is 1. The van der Waals surface area contributed by atoms with Crippen LogP contribution in [0.3, 0.4) is 0 Å². The number of phenolic OH excluding ortho intramolecular Hbond substituents is 1. The van der Waals surface area contributed by atoms with Gasteiger partial charge in [-0.2, -0.15) is 0 Å². The minimum Gasteiger partial charge on any atom is -0.508 e. The van der Waals surface area contributed by atoms with E-state index in [1.807, 2.05) is 44.4 Å². The lowest BCUT2D eigenvalue weighted by Gasteiger charge is -2.25. The van der Waals surface area contributed by atoms with Crippen LogP contribution >= 0.6 is 0 Å². The van der Waals surface area contributed by atoms with Gasteiger partial charge in [-0.15, -0.1) is 0 Å². The highest BCUT2D eigenvalue weighted by atomic mass is 16.3. The number of nitrogens with one attached hydrogen (secondary N) is 1. The summed E-state index contributed by atoms with van der Waals surface area (Å²) in [5, 5.41) is 12.6. The van der Waals surface area contributed by atoms with E-state index in [0.29, 0.717) is 6.54 Å². The number of carbonyl (C=O) groups excluding carboxylic acids is 1. The fraction of sp³-hybridized carbons (Fsp3) is 0.409. The SMILES string of the molecule is CN(C)C(CNC(=O)[C@H]1C[C@@]1(C)c1ccccc1)Cc1ccc(O)cc1. The van der Waals surface area contributed by atoms with Crippen molar-refractivity contribution in [3.63, 3.8) is 0 Å². The van der Waals surface area contributed by atoms with Crippen molar-refractivity contribution in [1.82, 2.24) is 10.2 Å². The van der Waals surface area contributed by atoms with Crippen molar-refractivity contribution in [3.05, 3.63) is 65.7 Å². The normalized spacial score (nSPS) is 22.8. The first kappa shape index (κ1) is 18.5. The standard InChI is InChI=1S/C22H28N2O2/c1-22(17-7-5-4-6-8-17)14-20(22)21(26)23-15-18(24(2)3)13-16-9-11-19(25)12-10-16/h4-12,18,20,25H,13-15H2,1-3H3,(H,23,26)/t18?,20-,22+/m1/s1. The summed E-state index contributed by atoms with van der Waals surface area (Å²) in [6.07, 6.45) is 1.74. The van der Waals surface area contributed by atoms with E-state index in [0.717, 1.165) is 18.4 Å². The highest BCUT2D eigenvalue weighted by Crippen LogP contribution is 2.53. The number of aromatic hydroxyl groups is 1. The third-order valence-corrected chi connectivity index (χ3v) is 5.64. The molecule has 1 unspecified atom stereocenters. The van der Waals surface area contributed by atoms with E-state index in [1.165, 1.54) is 5.56 Å². The number of rotatable bonds is 7. The molecule has 3 rings (SSSR count). The Hall–Kier alpha value is -2.33. The molecule has 0 spiro atoms. The zero-order valence-corrected chi connectivity index (χ0v) is 15.8. The van der Waals surface area contributed by atoms with Gasteiger partial charge in [0.15, 0.2) is 0 Å². The van der Waals surface area contributed by atoms with Crippen LogP contribution in [0, 0.1) is 5.92 Å². The molecule has 2 aromatic rings. The van der Waals surface area contributed by atoms with Gasteiger partial charge in [-0.1, -0.05) is 49.4 Å². The number of carbonyl (C=O) groups is 1. The predicted octanol–water partition coefficient (Wildman–Crippen LogP) is 2.96. The van der Waals surface area contributed by atoms with Crippen molar-refractivity contribution in [2.75, 3.05) is 20.6 Å². The number of hydrogen-bond donors (Lipinski definition) is 2. The van der Waals surface area contributed by atoms with Crippen LogP contribution in [0.25, 0.3) is 0 Å². The number of phenols is 1. The average molecular weight is 352 g/mol. The van der Waals surface area contributed by atoms with Crippen molar-refractivity contribution in [3.8, 4) is 5.75 Å². The molecule has 2 N–H and O–H groups in total. The fourth-order valence-electron chi connectivity index (χ4n) is 3.57. The molecule has 1 fully saturated rings. The van der Waals surface area contributed by atoms with Crippen LogP contribution in [-0.4, -0.2) is 42.6 Å². The summed E-state index contributed by atoms with van der Waals surface area (Å²) in [5.74, 6) is 0.479. The molecule has 1 saturated carbocycles. The monoisotopic (exact) mass is 352 g/mol. The van der Waals surface area contributed by atoms with E-state index in [4.69, 9.17) is 0 Å². The van der Waals surface area contributed by atoms with Gasteiger partial charge < -0.3 is 15.3 Å². The van der Waals surface area contributed by atoms with Crippen molar-refractivity contribution in [2.45, 2.75) is 31.2 Å². The molecule has 0 bridgehead atoms. The Labute approximate surface area is 155 Å². The highest BCUT2D eigenvalue weighted by molar-refractivity contribution is 5.84. The van der Waals surface area contributed by atoms with E-state index in [1.54, 1.807) is 12.1 Å². The topological polar surface area (TPSA) is 52.6 Å². The van der Waals surface area contributed by atoms with E-state index < -0.39 is 0 Å². The molecule has 0 aromatic heterocycles. The summed E-state index contributed by atoms with van der Waals surface area (Å²) < 4.78 is 0. The van der Waals surface area contributed by atoms with Gasteiger partial charge in [-0.05, 0) is 50.2 Å². The molecule has 1 amide bonds. The highest BCUT2D eigenvalue weighted by Gasteiger charge is 2.55. The lowest BCUT2D eigenvalue weighted by Crippen LogP contribution is -2.42. The molecule has 4 nitrogen and oxygen atoms in total. The lowest BCUT2D eigenvalue weighted by atomic mass is 9.95. The Balaban J connectivity index is 1.56. The van der Waals surface area contributed by atoms with Crippen molar-refractivity contribution in [1.29, 1.82) is 0 Å². The summed E-state index contributed by atoms with van der Waals surface area (Å²) >= 11 is 0. The van der Waals surface area contributed by atoms with Crippen LogP contribution in [0.15, 0.2) is 54.6 Å². The second kappa shape index (κ2) is 7.50. The van der Waals surface area contributed by atoms with Gasteiger partial charge in [-0.25, -0.2) is 0 Å². The van der Waals surface area contributed by atoms with Gasteiger partial charge in [0.2, 0.25) is 5.91 Å². The van der Waals surface area contributed by atoms with E-state index >= 15 is 0 Å². The Morgan fingerprint density at radius 3 is 2.46 bits per heavy atom. The summed E-state index contributed by atoms with van der Waals surface area (Å²) in [5.41, 5.74) is 2.36. The van der Waals surface area contributed by atoms with Crippen LogP contribution in [0.5, 0.6) is 5.75 Å². The maximum atomic E-state index is 12.7. The van der Waals surface area contributed by atoms with Crippen LogP contribution in [0.4, 0.5) is 0 Å². The molecule has 0 radical (unpaired) electrons. The van der Waals surface area contributed by atoms with E-state index in [2.05, 4.69) is 29.3 Å². The van der Waals surface area contributed by atoms with Crippen molar-refractivity contribution < 1.29 is 9.90 Å². The van der Waals surface area contributed by atoms with Crippen LogP contribution < -0.4 is 5.32 Å². The van der Waals surface area contributed by atoms with Crippen LogP contribution in [0.2, 0.25) is 0 Å². The Bertz CT molecular complexity index is 742. The maximum Gasteiger partial charge on any atom is 0.224 e. The van der Waals surface area contributed by atoms with Gasteiger partial charge in [-0.3, -0.25) is 4.79 Å². The zero-order chi connectivity index (χ0) is 18.7. The Morgan fingerprint density at radius 2 is 1.85 bits per heavy atom. The molecule has 138 valence electrons. The van der Waals surface area contributed by atoms with Crippen molar-refractivity contribution in [2.24, 2.45) is 5.92 Å². The van der Waals surface area contributed by atoms with Gasteiger partial charge >= 0.3 is 0 Å². The lowest BCUT2D eigenvalue weighted by molar-refractivity contribution is -0.122. The second-order valence-corrected chi connectivity index (χ2v) is 7.77. The van der Waals surface area contributed by atoms with Gasteiger partial charge in [0.1, 0.15) is 5.75 Å².